The largest absolute Gasteiger partial charge is 0.482 e. The molecule has 0 spiro atoms. The van der Waals surface area contributed by atoms with E-state index < -0.39 is 6.10 Å². The van der Waals surface area contributed by atoms with Crippen LogP contribution in [0.5, 0.6) is 5.75 Å². The van der Waals surface area contributed by atoms with E-state index >= 15 is 0 Å². The topological polar surface area (TPSA) is 35.2 Å². The van der Waals surface area contributed by atoms with Crippen molar-refractivity contribution in [1.29, 1.82) is 0 Å². The van der Waals surface area contributed by atoms with Gasteiger partial charge in [-0.05, 0) is 30.7 Å². The molecule has 0 aliphatic rings. The second kappa shape index (κ2) is 6.84. The molecule has 0 aliphatic heterocycles. The molecule has 2 N–H and O–H groups in total. The molecule has 0 heterocycles. The van der Waals surface area contributed by atoms with E-state index in [1.165, 1.54) is 24.3 Å². The molecule has 2 unspecified atom stereocenters. The molecule has 0 saturated heterocycles. The van der Waals surface area contributed by atoms with Crippen LogP contribution < -0.4 is 10.5 Å². The number of hydrogen-bond donors (Lipinski definition) is 1. The Bertz CT molecular complexity index is 632. The zero-order chi connectivity index (χ0) is 15.6. The summed E-state index contributed by atoms with van der Waals surface area (Å²) in [4.78, 5) is 0. The minimum absolute atomic E-state index is 0.324. The summed E-state index contributed by atoms with van der Waals surface area (Å²) in [6.45, 7) is 1.79. The molecule has 0 aliphatic carbocycles. The van der Waals surface area contributed by atoms with Gasteiger partial charge in [-0.25, -0.2) is 4.39 Å². The first-order valence-corrected chi connectivity index (χ1v) is 7.34. The van der Waals surface area contributed by atoms with Crippen molar-refractivity contribution in [2.75, 3.05) is 0 Å². The van der Waals surface area contributed by atoms with Gasteiger partial charge in [-0.2, -0.15) is 0 Å². The molecule has 0 amide bonds. The molecule has 0 bridgehead atoms. The maximum Gasteiger partial charge on any atom is 0.140 e. The Morgan fingerprint density at radius 2 is 1.57 bits per heavy atom. The van der Waals surface area contributed by atoms with Gasteiger partial charge in [0, 0.05) is 12.1 Å². The van der Waals surface area contributed by atoms with Crippen molar-refractivity contribution in [1.82, 2.24) is 0 Å². The van der Waals surface area contributed by atoms with E-state index in [0.717, 1.165) is 5.56 Å². The van der Waals surface area contributed by atoms with Crippen molar-refractivity contribution in [3.8, 4) is 5.75 Å². The highest BCUT2D eigenvalue weighted by atomic mass is 35.5. The number of ether oxygens (including phenoxy) is 1. The van der Waals surface area contributed by atoms with Gasteiger partial charge in [-0.1, -0.05) is 46.9 Å². The highest BCUT2D eigenvalue weighted by Crippen LogP contribution is 2.36. The third-order valence-electron chi connectivity index (χ3n) is 2.90. The number of hydrogen-bond acceptors (Lipinski definition) is 2. The van der Waals surface area contributed by atoms with E-state index in [1.807, 2.05) is 0 Å². The van der Waals surface area contributed by atoms with Crippen LogP contribution in [0.15, 0.2) is 36.4 Å². The van der Waals surface area contributed by atoms with Crippen molar-refractivity contribution < 1.29 is 9.13 Å². The van der Waals surface area contributed by atoms with Crippen LogP contribution in [0, 0.1) is 5.82 Å². The molecular formula is C15H13Cl3FNO. The predicted molar refractivity (Wildman–Crippen MR) is 84.9 cm³/mol. The summed E-state index contributed by atoms with van der Waals surface area (Å²) in [6.07, 6.45) is -0.486. The molecule has 2 nitrogen and oxygen atoms in total. The summed E-state index contributed by atoms with van der Waals surface area (Å²) >= 11 is 17.9. The molecule has 0 aromatic heterocycles. The Hall–Kier alpha value is -1.00. The van der Waals surface area contributed by atoms with Gasteiger partial charge in [-0.15, -0.1) is 0 Å². The Labute approximate surface area is 137 Å². The fourth-order valence-electron chi connectivity index (χ4n) is 1.86. The van der Waals surface area contributed by atoms with Crippen LogP contribution in [-0.4, -0.2) is 6.04 Å². The van der Waals surface area contributed by atoms with Crippen LogP contribution in [-0.2, 0) is 0 Å². The molecule has 2 rings (SSSR count). The summed E-state index contributed by atoms with van der Waals surface area (Å²) in [5.74, 6) is 0.0486. The van der Waals surface area contributed by atoms with Crippen molar-refractivity contribution in [2.24, 2.45) is 5.73 Å². The zero-order valence-corrected chi connectivity index (χ0v) is 13.4. The molecule has 2 atom stereocenters. The zero-order valence-electron chi connectivity index (χ0n) is 11.1. The van der Waals surface area contributed by atoms with Gasteiger partial charge in [0.25, 0.3) is 0 Å². The number of halogens is 4. The van der Waals surface area contributed by atoms with E-state index in [9.17, 15) is 4.39 Å². The normalized spacial score (nSPS) is 13.8. The second-order valence-corrected chi connectivity index (χ2v) is 5.87. The minimum Gasteiger partial charge on any atom is -0.482 e. The maximum absolute atomic E-state index is 13.0. The number of benzene rings is 2. The molecule has 0 saturated carbocycles. The molecule has 0 radical (unpaired) electrons. The summed E-state index contributed by atoms with van der Waals surface area (Å²) < 4.78 is 18.9. The van der Waals surface area contributed by atoms with Gasteiger partial charge in [0.05, 0.1) is 15.1 Å². The fraction of sp³-hybridized carbons (Fsp3) is 0.200. The first-order valence-electron chi connectivity index (χ1n) is 6.20. The van der Waals surface area contributed by atoms with Gasteiger partial charge >= 0.3 is 0 Å². The summed E-state index contributed by atoms with van der Waals surface area (Å²) in [5.41, 5.74) is 6.70. The average Bonchev–Trinajstić information content (AvgIpc) is 2.42. The number of nitrogens with two attached hydrogens (primary N) is 1. The minimum atomic E-state index is -0.486. The first kappa shape index (κ1) is 16.4. The molecule has 2 aromatic carbocycles. The van der Waals surface area contributed by atoms with Gasteiger partial charge in [0.15, 0.2) is 0 Å². The van der Waals surface area contributed by atoms with Crippen LogP contribution in [0.2, 0.25) is 15.1 Å². The fourth-order valence-corrected chi connectivity index (χ4v) is 2.44. The van der Waals surface area contributed by atoms with Crippen molar-refractivity contribution in [3.63, 3.8) is 0 Å². The van der Waals surface area contributed by atoms with Crippen LogP contribution in [0.25, 0.3) is 0 Å². The lowest BCUT2D eigenvalue weighted by atomic mass is 10.0. The molecular weight excluding hydrogens is 336 g/mol. The Morgan fingerprint density at radius 1 is 1.00 bits per heavy atom. The lowest BCUT2D eigenvalue weighted by molar-refractivity contribution is 0.180. The summed E-state index contributed by atoms with van der Waals surface area (Å²) in [7, 11) is 0. The predicted octanol–water partition coefficient (Wildman–Crippen LogP) is 5.25. The van der Waals surface area contributed by atoms with Crippen LogP contribution in [0.4, 0.5) is 4.39 Å². The monoisotopic (exact) mass is 347 g/mol. The number of rotatable bonds is 4. The molecule has 2 aromatic rings. The van der Waals surface area contributed by atoms with Gasteiger partial charge in [0.2, 0.25) is 0 Å². The summed E-state index contributed by atoms with van der Waals surface area (Å²) in [5, 5.41) is 1.00. The lowest BCUT2D eigenvalue weighted by Crippen LogP contribution is -2.29. The summed E-state index contributed by atoms with van der Waals surface area (Å²) in [6, 6.07) is 8.65. The molecule has 21 heavy (non-hydrogen) atoms. The highest BCUT2D eigenvalue weighted by molar-refractivity contribution is 6.43. The molecule has 0 fully saturated rings. The van der Waals surface area contributed by atoms with Gasteiger partial charge in [-0.3, -0.25) is 0 Å². The maximum atomic E-state index is 13.0. The van der Waals surface area contributed by atoms with Crippen molar-refractivity contribution >= 4 is 34.8 Å². The van der Waals surface area contributed by atoms with Gasteiger partial charge < -0.3 is 10.5 Å². The Balaban J connectivity index is 2.33. The second-order valence-electron chi connectivity index (χ2n) is 4.65. The molecule has 112 valence electrons. The highest BCUT2D eigenvalue weighted by Gasteiger charge is 2.20. The van der Waals surface area contributed by atoms with E-state index in [1.54, 1.807) is 19.1 Å². The smallest absolute Gasteiger partial charge is 0.140 e. The first-order chi connectivity index (χ1) is 9.88. The van der Waals surface area contributed by atoms with Gasteiger partial charge in [0.1, 0.15) is 17.7 Å². The van der Waals surface area contributed by atoms with E-state index in [4.69, 9.17) is 45.3 Å². The average molecular weight is 349 g/mol. The van der Waals surface area contributed by atoms with E-state index in [-0.39, 0.29) is 11.9 Å². The quantitative estimate of drug-likeness (QED) is 0.766. The Kier molecular flexibility index (Phi) is 5.33. The van der Waals surface area contributed by atoms with Crippen LogP contribution in [0.3, 0.4) is 0 Å². The third-order valence-corrected chi connectivity index (χ3v) is 3.92. The van der Waals surface area contributed by atoms with Crippen molar-refractivity contribution in [2.45, 2.75) is 19.1 Å². The molecule has 6 heteroatoms. The SMILES string of the molecule is CC(N)C(Oc1cc(Cl)c(Cl)cc1Cl)c1ccc(F)cc1. The van der Waals surface area contributed by atoms with Crippen molar-refractivity contribution in [3.05, 3.63) is 62.8 Å². The standard InChI is InChI=1S/C15H13Cl3FNO/c1-8(20)15(9-2-4-10(19)5-3-9)21-14-7-12(17)11(16)6-13(14)18/h2-8,15H,20H2,1H3. The van der Waals surface area contributed by atoms with Crippen LogP contribution >= 0.6 is 34.8 Å². The third kappa shape index (κ3) is 4.01. The van der Waals surface area contributed by atoms with E-state index in [0.29, 0.717) is 20.8 Å². The lowest BCUT2D eigenvalue weighted by Gasteiger charge is -2.23. The Morgan fingerprint density at radius 3 is 2.14 bits per heavy atom. The van der Waals surface area contributed by atoms with Crippen LogP contribution in [0.1, 0.15) is 18.6 Å². The van der Waals surface area contributed by atoms with E-state index in [2.05, 4.69) is 0 Å².